The molecule has 2 aromatic heterocycles. The summed E-state index contributed by atoms with van der Waals surface area (Å²) in [6.45, 7) is 3.67. The summed E-state index contributed by atoms with van der Waals surface area (Å²) in [6.07, 6.45) is 0. The van der Waals surface area contributed by atoms with Crippen LogP contribution in [0.25, 0.3) is 22.6 Å². The number of nitrogens with zero attached hydrogens (tertiary/aromatic N) is 3. The molecule has 22 heavy (non-hydrogen) atoms. The van der Waals surface area contributed by atoms with Crippen molar-refractivity contribution in [1.29, 1.82) is 0 Å². The molecule has 0 saturated carbocycles. The van der Waals surface area contributed by atoms with E-state index >= 15 is 0 Å². The molecule has 0 saturated heterocycles. The Morgan fingerprint density at radius 3 is 2.68 bits per heavy atom. The SMILES string of the molecule is Cc1cccc(-c2nc3n(c2-c2ccc(F)cc2)CCN3)n1. The number of hydrogen-bond donors (Lipinski definition) is 1. The molecule has 1 aliphatic heterocycles. The Hall–Kier alpha value is -2.69. The van der Waals surface area contributed by atoms with Crippen LogP contribution in [0.5, 0.6) is 0 Å². The predicted octanol–water partition coefficient (Wildman–Crippen LogP) is 3.49. The van der Waals surface area contributed by atoms with Crippen molar-refractivity contribution in [3.05, 3.63) is 54.0 Å². The summed E-state index contributed by atoms with van der Waals surface area (Å²) in [5.74, 6) is 0.607. The molecule has 4 rings (SSSR count). The molecule has 0 unspecified atom stereocenters. The first-order valence-corrected chi connectivity index (χ1v) is 7.27. The van der Waals surface area contributed by atoms with Gasteiger partial charge >= 0.3 is 0 Å². The second kappa shape index (κ2) is 4.94. The van der Waals surface area contributed by atoms with Gasteiger partial charge in [-0.05, 0) is 43.3 Å². The molecule has 1 aromatic carbocycles. The molecule has 0 bridgehead atoms. The average molecular weight is 294 g/mol. The van der Waals surface area contributed by atoms with Crippen molar-refractivity contribution in [2.45, 2.75) is 13.5 Å². The van der Waals surface area contributed by atoms with Gasteiger partial charge in [-0.1, -0.05) is 6.07 Å². The zero-order chi connectivity index (χ0) is 15.1. The van der Waals surface area contributed by atoms with E-state index in [1.165, 1.54) is 12.1 Å². The molecule has 0 amide bonds. The molecule has 5 heteroatoms. The van der Waals surface area contributed by atoms with Crippen LogP contribution >= 0.6 is 0 Å². The van der Waals surface area contributed by atoms with Crippen LogP contribution < -0.4 is 5.32 Å². The second-order valence-electron chi connectivity index (χ2n) is 5.38. The van der Waals surface area contributed by atoms with Gasteiger partial charge in [-0.25, -0.2) is 9.37 Å². The van der Waals surface area contributed by atoms with Gasteiger partial charge in [0.2, 0.25) is 5.95 Å². The first kappa shape index (κ1) is 13.0. The van der Waals surface area contributed by atoms with Crippen LogP contribution in [0.2, 0.25) is 0 Å². The van der Waals surface area contributed by atoms with E-state index in [0.29, 0.717) is 0 Å². The zero-order valence-electron chi connectivity index (χ0n) is 12.2. The van der Waals surface area contributed by atoms with Crippen molar-refractivity contribution in [3.63, 3.8) is 0 Å². The van der Waals surface area contributed by atoms with E-state index in [9.17, 15) is 4.39 Å². The number of aromatic nitrogens is 3. The number of aryl methyl sites for hydroxylation is 1. The molecule has 3 heterocycles. The summed E-state index contributed by atoms with van der Waals surface area (Å²) in [4.78, 5) is 9.28. The fraction of sp³-hybridized carbons (Fsp3) is 0.176. The van der Waals surface area contributed by atoms with Crippen molar-refractivity contribution in [2.24, 2.45) is 0 Å². The van der Waals surface area contributed by atoms with Crippen molar-refractivity contribution < 1.29 is 4.39 Å². The molecule has 0 atom stereocenters. The summed E-state index contributed by atoms with van der Waals surface area (Å²) >= 11 is 0. The van der Waals surface area contributed by atoms with Gasteiger partial charge in [0.15, 0.2) is 0 Å². The quantitative estimate of drug-likeness (QED) is 0.787. The second-order valence-corrected chi connectivity index (χ2v) is 5.38. The minimum absolute atomic E-state index is 0.238. The number of nitrogens with one attached hydrogen (secondary N) is 1. The maximum atomic E-state index is 13.2. The molecular formula is C17H15FN4. The smallest absolute Gasteiger partial charge is 0.204 e. The predicted molar refractivity (Wildman–Crippen MR) is 84.1 cm³/mol. The Morgan fingerprint density at radius 2 is 1.91 bits per heavy atom. The average Bonchev–Trinajstić information content (AvgIpc) is 3.09. The molecule has 0 aliphatic carbocycles. The third kappa shape index (κ3) is 2.06. The first-order chi connectivity index (χ1) is 10.7. The molecule has 1 N–H and O–H groups in total. The van der Waals surface area contributed by atoms with Crippen LogP contribution in [0.4, 0.5) is 10.3 Å². The van der Waals surface area contributed by atoms with Crippen molar-refractivity contribution in [1.82, 2.24) is 14.5 Å². The Balaban J connectivity index is 1.94. The minimum Gasteiger partial charge on any atom is -0.354 e. The monoisotopic (exact) mass is 294 g/mol. The number of benzene rings is 1. The largest absolute Gasteiger partial charge is 0.354 e. The van der Waals surface area contributed by atoms with Crippen LogP contribution in [-0.4, -0.2) is 21.1 Å². The normalized spacial score (nSPS) is 13.0. The lowest BCUT2D eigenvalue weighted by atomic mass is 10.1. The summed E-state index contributed by atoms with van der Waals surface area (Å²) in [7, 11) is 0. The van der Waals surface area contributed by atoms with Crippen LogP contribution in [0, 0.1) is 12.7 Å². The maximum absolute atomic E-state index is 13.2. The highest BCUT2D eigenvalue weighted by Crippen LogP contribution is 2.35. The lowest BCUT2D eigenvalue weighted by Gasteiger charge is -2.08. The maximum Gasteiger partial charge on any atom is 0.204 e. The standard InChI is InChI=1S/C17H15FN4/c1-11-3-2-4-14(20-11)15-16(12-5-7-13(18)8-6-12)22-10-9-19-17(22)21-15/h2-8H,9-10H2,1H3,(H,19,21). The van der Waals surface area contributed by atoms with Crippen LogP contribution in [0.3, 0.4) is 0 Å². The number of anilines is 1. The van der Waals surface area contributed by atoms with E-state index in [0.717, 1.165) is 47.4 Å². The van der Waals surface area contributed by atoms with Crippen LogP contribution in [0.15, 0.2) is 42.5 Å². The summed E-state index contributed by atoms with van der Waals surface area (Å²) in [5, 5.41) is 3.28. The zero-order valence-corrected chi connectivity index (χ0v) is 12.2. The fourth-order valence-electron chi connectivity index (χ4n) is 2.84. The highest BCUT2D eigenvalue weighted by atomic mass is 19.1. The molecule has 110 valence electrons. The fourth-order valence-corrected chi connectivity index (χ4v) is 2.84. The molecule has 0 radical (unpaired) electrons. The van der Waals surface area contributed by atoms with Gasteiger partial charge in [-0.3, -0.25) is 4.98 Å². The molecule has 4 nitrogen and oxygen atoms in total. The third-order valence-electron chi connectivity index (χ3n) is 3.83. The molecule has 1 aliphatic rings. The number of imidazole rings is 1. The number of halogens is 1. The topological polar surface area (TPSA) is 42.7 Å². The Bertz CT molecular complexity index is 836. The number of hydrogen-bond acceptors (Lipinski definition) is 3. The van der Waals surface area contributed by atoms with Gasteiger partial charge in [-0.2, -0.15) is 0 Å². The lowest BCUT2D eigenvalue weighted by Crippen LogP contribution is -1.99. The van der Waals surface area contributed by atoms with Gasteiger partial charge in [0.05, 0.1) is 11.4 Å². The minimum atomic E-state index is -0.238. The summed E-state index contributed by atoms with van der Waals surface area (Å²) < 4.78 is 15.4. The number of rotatable bonds is 2. The number of pyridine rings is 1. The first-order valence-electron chi connectivity index (χ1n) is 7.27. The van der Waals surface area contributed by atoms with E-state index in [-0.39, 0.29) is 5.82 Å². The highest BCUT2D eigenvalue weighted by molar-refractivity contribution is 5.79. The van der Waals surface area contributed by atoms with E-state index in [1.54, 1.807) is 12.1 Å². The lowest BCUT2D eigenvalue weighted by molar-refractivity contribution is 0.628. The molecule has 0 fully saturated rings. The van der Waals surface area contributed by atoms with Gasteiger partial charge < -0.3 is 9.88 Å². The molecular weight excluding hydrogens is 279 g/mol. The third-order valence-corrected chi connectivity index (χ3v) is 3.83. The van der Waals surface area contributed by atoms with Crippen molar-refractivity contribution in [2.75, 3.05) is 11.9 Å². The molecule has 0 spiro atoms. The van der Waals surface area contributed by atoms with E-state index in [2.05, 4.69) is 14.9 Å². The van der Waals surface area contributed by atoms with Gasteiger partial charge in [0.25, 0.3) is 0 Å². The Kier molecular flexibility index (Phi) is 2.92. The summed E-state index contributed by atoms with van der Waals surface area (Å²) in [5.41, 5.74) is 4.55. The van der Waals surface area contributed by atoms with E-state index in [1.807, 2.05) is 25.1 Å². The van der Waals surface area contributed by atoms with Crippen LogP contribution in [-0.2, 0) is 6.54 Å². The van der Waals surface area contributed by atoms with E-state index in [4.69, 9.17) is 4.98 Å². The van der Waals surface area contributed by atoms with Crippen molar-refractivity contribution in [3.8, 4) is 22.6 Å². The van der Waals surface area contributed by atoms with Crippen LogP contribution in [0.1, 0.15) is 5.69 Å². The highest BCUT2D eigenvalue weighted by Gasteiger charge is 2.23. The summed E-state index contributed by atoms with van der Waals surface area (Å²) in [6, 6.07) is 12.4. The van der Waals surface area contributed by atoms with Crippen molar-refractivity contribution >= 4 is 5.95 Å². The number of fused-ring (bicyclic) bond motifs is 1. The Morgan fingerprint density at radius 1 is 1.09 bits per heavy atom. The Labute approximate surface area is 127 Å². The van der Waals surface area contributed by atoms with Gasteiger partial charge in [-0.15, -0.1) is 0 Å². The molecule has 3 aromatic rings. The van der Waals surface area contributed by atoms with Gasteiger partial charge in [0.1, 0.15) is 11.5 Å². The van der Waals surface area contributed by atoms with Gasteiger partial charge in [0, 0.05) is 24.3 Å². The van der Waals surface area contributed by atoms with E-state index < -0.39 is 0 Å².